The van der Waals surface area contributed by atoms with Crippen LogP contribution in [0.4, 0.5) is 0 Å². The van der Waals surface area contributed by atoms with Gasteiger partial charge in [-0.1, -0.05) is 115 Å². The molecule has 0 spiro atoms. The van der Waals surface area contributed by atoms with Crippen molar-refractivity contribution in [1.82, 2.24) is 19.5 Å². The number of aryl methyl sites for hydroxylation is 1. The fourth-order valence-corrected chi connectivity index (χ4v) is 8.21. The van der Waals surface area contributed by atoms with Crippen molar-refractivity contribution in [2.24, 2.45) is 0 Å². The Labute approximate surface area is 340 Å². The van der Waals surface area contributed by atoms with Gasteiger partial charge in [-0.2, -0.15) is 0 Å². The van der Waals surface area contributed by atoms with Gasteiger partial charge in [-0.15, -0.1) is 54.1 Å². The fraction of sp³-hybridized carbons (Fsp3) is 0.271. The number of furan rings is 1. The zero-order valence-corrected chi connectivity index (χ0v) is 37.0. The molecule has 283 valence electrons. The Morgan fingerprint density at radius 3 is 2.09 bits per heavy atom. The number of para-hydroxylation sites is 1. The van der Waals surface area contributed by atoms with E-state index in [1.54, 1.807) is 0 Å². The van der Waals surface area contributed by atoms with Crippen LogP contribution in [0.5, 0.6) is 0 Å². The Hall–Kier alpha value is -4.68. The average molecular weight is 919 g/mol. The minimum Gasteiger partial charge on any atom is -0.501 e. The number of imidazole rings is 1. The van der Waals surface area contributed by atoms with Crippen LogP contribution in [0.15, 0.2) is 108 Å². The maximum Gasteiger partial charge on any atom is 0.121 e. The van der Waals surface area contributed by atoms with E-state index >= 15 is 0 Å². The van der Waals surface area contributed by atoms with E-state index in [9.17, 15) is 0 Å². The van der Waals surface area contributed by atoms with Gasteiger partial charge in [0.1, 0.15) is 5.58 Å². The SMILES string of the molecule is C[Si](C)(C)c1ccc(-c2[c-]cccc2)nc1.Cc1nccc2nc(-c3[c-]ccc4c3oc3cc(C(C)C)ccc34)n(-c3c(C(C)C)cccc3C(C)C)c12.[Ir]. The second-order valence-electron chi connectivity index (χ2n) is 16.2. The third-order valence-electron chi connectivity index (χ3n) is 10.3. The summed E-state index contributed by atoms with van der Waals surface area (Å²) in [5, 5.41) is 3.59. The predicted molar refractivity (Wildman–Crippen MR) is 229 cm³/mol. The summed E-state index contributed by atoms with van der Waals surface area (Å²) >= 11 is 0. The van der Waals surface area contributed by atoms with E-state index < -0.39 is 8.07 Å². The van der Waals surface area contributed by atoms with Gasteiger partial charge in [-0.05, 0) is 64.4 Å². The van der Waals surface area contributed by atoms with Gasteiger partial charge < -0.3 is 14.0 Å². The Morgan fingerprint density at radius 2 is 1.47 bits per heavy atom. The first-order chi connectivity index (χ1) is 25.8. The monoisotopic (exact) mass is 919 g/mol. The number of benzene rings is 4. The number of hydrogen-bond acceptors (Lipinski definition) is 4. The summed E-state index contributed by atoms with van der Waals surface area (Å²) in [5.41, 5.74) is 12.6. The zero-order chi connectivity index (χ0) is 38.3. The van der Waals surface area contributed by atoms with Crippen LogP contribution in [0.25, 0.3) is 61.3 Å². The second kappa shape index (κ2) is 16.2. The third-order valence-corrected chi connectivity index (χ3v) is 12.3. The molecule has 0 fully saturated rings. The van der Waals surface area contributed by atoms with Gasteiger partial charge in [-0.3, -0.25) is 9.97 Å². The van der Waals surface area contributed by atoms with Crippen LogP contribution in [-0.4, -0.2) is 27.6 Å². The van der Waals surface area contributed by atoms with Crippen LogP contribution in [0, 0.1) is 19.1 Å². The molecule has 4 aromatic carbocycles. The van der Waals surface area contributed by atoms with Gasteiger partial charge in [-0.25, -0.2) is 0 Å². The molecule has 0 unspecified atom stereocenters. The summed E-state index contributed by atoms with van der Waals surface area (Å²) in [6.45, 7) is 22.5. The Bertz CT molecular complexity index is 2550. The van der Waals surface area contributed by atoms with Crippen molar-refractivity contribution in [3.63, 3.8) is 0 Å². The second-order valence-corrected chi connectivity index (χ2v) is 21.3. The summed E-state index contributed by atoms with van der Waals surface area (Å²) in [4.78, 5) is 14.4. The molecule has 1 radical (unpaired) electrons. The molecule has 0 aliphatic rings. The Morgan fingerprint density at radius 1 is 0.727 bits per heavy atom. The molecule has 0 saturated heterocycles. The van der Waals surface area contributed by atoms with Crippen LogP contribution < -0.4 is 5.19 Å². The molecule has 0 aliphatic heterocycles. The number of hydrogen-bond donors (Lipinski definition) is 0. The molecule has 4 aromatic heterocycles. The first-order valence-corrected chi connectivity index (χ1v) is 22.6. The normalized spacial score (nSPS) is 11.8. The van der Waals surface area contributed by atoms with E-state index in [4.69, 9.17) is 9.40 Å². The average Bonchev–Trinajstić information content (AvgIpc) is 3.74. The van der Waals surface area contributed by atoms with E-state index in [0.29, 0.717) is 17.8 Å². The van der Waals surface area contributed by atoms with Crippen molar-refractivity contribution >= 4 is 46.2 Å². The van der Waals surface area contributed by atoms with Crippen LogP contribution in [0.2, 0.25) is 19.6 Å². The van der Waals surface area contributed by atoms with E-state index in [1.165, 1.54) is 27.6 Å². The van der Waals surface area contributed by atoms with Crippen LogP contribution in [-0.2, 0) is 20.1 Å². The van der Waals surface area contributed by atoms with E-state index in [-0.39, 0.29) is 20.1 Å². The van der Waals surface area contributed by atoms with Crippen molar-refractivity contribution in [3.8, 4) is 28.3 Å². The van der Waals surface area contributed by atoms with Crippen LogP contribution in [0.3, 0.4) is 0 Å². The molecule has 8 rings (SSSR count). The Balaban J connectivity index is 0.000000254. The minimum absolute atomic E-state index is 0. The predicted octanol–water partition coefficient (Wildman–Crippen LogP) is 12.6. The molecule has 0 bridgehead atoms. The topological polar surface area (TPSA) is 56.7 Å². The maximum atomic E-state index is 6.60. The van der Waals surface area contributed by atoms with E-state index in [1.807, 2.05) is 48.8 Å². The quantitative estimate of drug-likeness (QED) is 0.118. The first kappa shape index (κ1) is 40.0. The molecule has 8 aromatic rings. The summed E-state index contributed by atoms with van der Waals surface area (Å²) in [6.07, 6.45) is 3.86. The molecule has 55 heavy (non-hydrogen) atoms. The molecule has 0 N–H and O–H groups in total. The number of nitrogens with zero attached hydrogens (tertiary/aromatic N) is 4. The van der Waals surface area contributed by atoms with Gasteiger partial charge in [0.15, 0.2) is 0 Å². The number of rotatable bonds is 7. The van der Waals surface area contributed by atoms with Crippen LogP contribution in [0.1, 0.15) is 81.7 Å². The summed E-state index contributed by atoms with van der Waals surface area (Å²) in [6, 6.07) is 38.3. The number of pyridine rings is 2. The summed E-state index contributed by atoms with van der Waals surface area (Å²) in [5.74, 6) is 1.94. The van der Waals surface area contributed by atoms with Gasteiger partial charge in [0.2, 0.25) is 0 Å². The van der Waals surface area contributed by atoms with Gasteiger partial charge in [0, 0.05) is 43.6 Å². The standard InChI is InChI=1S/C34H34N3O.C14H16NSi.Ir/c1-19(2)23-14-15-26-27-12-9-13-28(33(27)38-30(26)18-23)34-36-29-16-17-35-22(7)31(29)37(34)32-24(20(3)4)10-8-11-25(32)21(5)6;1-16(2,3)13-9-10-14(15-11-13)12-7-5-4-6-8-12;/h8-12,14-21H,1-7H3;4-7,9-11H,1-3H3;/q2*-1;. The molecular formula is C48H50IrN4OSi-2. The molecule has 0 aliphatic carbocycles. The fourth-order valence-electron chi connectivity index (χ4n) is 7.17. The van der Waals surface area contributed by atoms with Gasteiger partial charge in [0.25, 0.3) is 0 Å². The molecule has 0 atom stereocenters. The number of aromatic nitrogens is 4. The van der Waals surface area contributed by atoms with Crippen molar-refractivity contribution in [2.45, 2.75) is 85.9 Å². The number of fused-ring (bicyclic) bond motifs is 4. The van der Waals surface area contributed by atoms with Gasteiger partial charge in [0.05, 0.1) is 36.2 Å². The van der Waals surface area contributed by atoms with E-state index in [0.717, 1.165) is 61.3 Å². The zero-order valence-electron chi connectivity index (χ0n) is 33.6. The van der Waals surface area contributed by atoms with Crippen molar-refractivity contribution in [1.29, 1.82) is 0 Å². The Kier molecular flexibility index (Phi) is 11.8. The molecule has 7 heteroatoms. The van der Waals surface area contributed by atoms with Crippen molar-refractivity contribution in [3.05, 3.63) is 138 Å². The van der Waals surface area contributed by atoms with Gasteiger partial charge >= 0.3 is 0 Å². The van der Waals surface area contributed by atoms with Crippen molar-refractivity contribution in [2.75, 3.05) is 0 Å². The smallest absolute Gasteiger partial charge is 0.121 e. The first-order valence-electron chi connectivity index (χ1n) is 19.1. The molecular weight excluding hydrogens is 869 g/mol. The minimum atomic E-state index is -1.23. The molecule has 0 amide bonds. The summed E-state index contributed by atoms with van der Waals surface area (Å²) < 4.78 is 8.92. The summed E-state index contributed by atoms with van der Waals surface area (Å²) in [7, 11) is -1.23. The molecule has 5 nitrogen and oxygen atoms in total. The van der Waals surface area contributed by atoms with E-state index in [2.05, 4.69) is 149 Å². The maximum absolute atomic E-state index is 6.60. The van der Waals surface area contributed by atoms with Crippen LogP contribution >= 0.6 is 0 Å². The third kappa shape index (κ3) is 7.89. The molecule has 4 heterocycles. The largest absolute Gasteiger partial charge is 0.501 e. The van der Waals surface area contributed by atoms with Crippen molar-refractivity contribution < 1.29 is 24.5 Å². The molecule has 0 saturated carbocycles.